The lowest BCUT2D eigenvalue weighted by molar-refractivity contribution is -0.132. The third kappa shape index (κ3) is 1.83. The van der Waals surface area contributed by atoms with Crippen LogP contribution in [0.3, 0.4) is 0 Å². The van der Waals surface area contributed by atoms with Crippen LogP contribution < -0.4 is 10.5 Å². The van der Waals surface area contributed by atoms with Gasteiger partial charge in [-0.15, -0.1) is 0 Å². The summed E-state index contributed by atoms with van der Waals surface area (Å²) in [4.78, 5) is 12.1. The van der Waals surface area contributed by atoms with Gasteiger partial charge in [-0.05, 0) is 18.6 Å². The average Bonchev–Trinajstić information content (AvgIpc) is 2.86. The van der Waals surface area contributed by atoms with Crippen molar-refractivity contribution in [2.75, 3.05) is 0 Å². The highest BCUT2D eigenvalue weighted by Crippen LogP contribution is 2.45. The van der Waals surface area contributed by atoms with E-state index >= 15 is 0 Å². The monoisotopic (exact) mass is 331 g/mol. The summed E-state index contributed by atoms with van der Waals surface area (Å²) >= 11 is 3.57. The van der Waals surface area contributed by atoms with Gasteiger partial charge in [0.05, 0.1) is 0 Å². The Kier molecular flexibility index (Phi) is 3.05. The van der Waals surface area contributed by atoms with Gasteiger partial charge in [0.2, 0.25) is 5.60 Å². The molecule has 1 heterocycles. The van der Waals surface area contributed by atoms with E-state index < -0.39 is 11.5 Å². The summed E-state index contributed by atoms with van der Waals surface area (Å²) in [6.45, 7) is 2.01. The minimum Gasteiger partial charge on any atom is -0.472 e. The summed E-state index contributed by atoms with van der Waals surface area (Å²) in [5.74, 6) is 0.245. The highest BCUT2D eigenvalue weighted by atomic mass is 79.9. The molecule has 1 unspecified atom stereocenters. The van der Waals surface area contributed by atoms with Crippen molar-refractivity contribution in [3.63, 3.8) is 0 Å². The third-order valence-corrected chi connectivity index (χ3v) is 4.85. The standard InChI is InChI=1S/C16H14BrNO2/c1-10-7-8-13-12(14(10)17)9-16(20-13,15(18)19)11-5-3-2-4-6-11/h2-8H,9H2,1H3,(H2,18,19). The van der Waals surface area contributed by atoms with Gasteiger partial charge in [-0.3, -0.25) is 4.79 Å². The van der Waals surface area contributed by atoms with Gasteiger partial charge in [-0.2, -0.15) is 0 Å². The number of aryl methyl sites for hydroxylation is 1. The molecule has 0 bridgehead atoms. The van der Waals surface area contributed by atoms with E-state index in [1.54, 1.807) is 0 Å². The Labute approximate surface area is 125 Å². The maximum Gasteiger partial charge on any atom is 0.266 e. The first kappa shape index (κ1) is 13.2. The number of rotatable bonds is 2. The van der Waals surface area contributed by atoms with E-state index in [1.165, 1.54) is 0 Å². The molecule has 0 radical (unpaired) electrons. The van der Waals surface area contributed by atoms with Crippen LogP contribution in [-0.4, -0.2) is 5.91 Å². The number of fused-ring (bicyclic) bond motifs is 1. The van der Waals surface area contributed by atoms with E-state index in [-0.39, 0.29) is 0 Å². The molecule has 3 rings (SSSR count). The van der Waals surface area contributed by atoms with Crippen molar-refractivity contribution < 1.29 is 9.53 Å². The normalized spacial score (nSPS) is 20.3. The molecule has 0 saturated carbocycles. The van der Waals surface area contributed by atoms with Gasteiger partial charge < -0.3 is 10.5 Å². The van der Waals surface area contributed by atoms with Crippen molar-refractivity contribution in [2.24, 2.45) is 5.73 Å². The van der Waals surface area contributed by atoms with Gasteiger partial charge in [0.15, 0.2) is 0 Å². The highest BCUT2D eigenvalue weighted by molar-refractivity contribution is 9.10. The second kappa shape index (κ2) is 4.63. The zero-order valence-electron chi connectivity index (χ0n) is 11.0. The molecule has 0 aliphatic carbocycles. The Balaban J connectivity index is 2.14. The Morgan fingerprint density at radius 2 is 1.95 bits per heavy atom. The number of benzene rings is 2. The van der Waals surface area contributed by atoms with Crippen molar-refractivity contribution in [1.29, 1.82) is 0 Å². The molecule has 2 aromatic carbocycles. The summed E-state index contributed by atoms with van der Waals surface area (Å²) in [5.41, 5.74) is 7.43. The fraction of sp³-hybridized carbons (Fsp3) is 0.188. The molecule has 3 nitrogen and oxygen atoms in total. The Morgan fingerprint density at radius 3 is 2.60 bits per heavy atom. The molecule has 0 saturated heterocycles. The van der Waals surface area contributed by atoms with Gasteiger partial charge in [0, 0.05) is 22.0 Å². The van der Waals surface area contributed by atoms with Gasteiger partial charge in [-0.25, -0.2) is 0 Å². The maximum atomic E-state index is 12.1. The van der Waals surface area contributed by atoms with Crippen molar-refractivity contribution >= 4 is 21.8 Å². The number of primary amides is 1. The lowest BCUT2D eigenvalue weighted by Gasteiger charge is -2.25. The number of ether oxygens (including phenoxy) is 1. The van der Waals surface area contributed by atoms with Crippen LogP contribution in [0.1, 0.15) is 16.7 Å². The summed E-state index contributed by atoms with van der Waals surface area (Å²) < 4.78 is 6.95. The minimum absolute atomic E-state index is 0.448. The predicted molar refractivity (Wildman–Crippen MR) is 80.5 cm³/mol. The maximum absolute atomic E-state index is 12.1. The van der Waals surface area contributed by atoms with E-state index in [2.05, 4.69) is 15.9 Å². The summed E-state index contributed by atoms with van der Waals surface area (Å²) in [5, 5.41) is 0. The number of carbonyl (C=O) groups is 1. The first-order valence-electron chi connectivity index (χ1n) is 6.37. The molecular formula is C16H14BrNO2. The molecule has 2 N–H and O–H groups in total. The molecule has 102 valence electrons. The SMILES string of the molecule is Cc1ccc2c(c1Br)CC(C(N)=O)(c1ccccc1)O2. The smallest absolute Gasteiger partial charge is 0.266 e. The van der Waals surface area contributed by atoms with E-state index in [0.29, 0.717) is 12.2 Å². The topological polar surface area (TPSA) is 52.3 Å². The molecule has 1 amide bonds. The number of carbonyl (C=O) groups excluding carboxylic acids is 1. The average molecular weight is 332 g/mol. The van der Waals surface area contributed by atoms with Crippen molar-refractivity contribution in [1.82, 2.24) is 0 Å². The number of halogens is 1. The number of amides is 1. The molecule has 4 heteroatoms. The van der Waals surface area contributed by atoms with Crippen LogP contribution in [0.5, 0.6) is 5.75 Å². The van der Waals surface area contributed by atoms with Crippen LogP contribution in [0.2, 0.25) is 0 Å². The van der Waals surface area contributed by atoms with E-state index in [9.17, 15) is 4.79 Å². The molecule has 1 aliphatic heterocycles. The Morgan fingerprint density at radius 1 is 1.25 bits per heavy atom. The summed E-state index contributed by atoms with van der Waals surface area (Å²) in [6.07, 6.45) is 0.448. The third-order valence-electron chi connectivity index (χ3n) is 3.74. The fourth-order valence-electron chi connectivity index (χ4n) is 2.60. The summed E-state index contributed by atoms with van der Waals surface area (Å²) in [6, 6.07) is 13.3. The molecule has 1 aliphatic rings. The van der Waals surface area contributed by atoms with Crippen LogP contribution >= 0.6 is 15.9 Å². The molecule has 1 atom stereocenters. The van der Waals surface area contributed by atoms with Crippen molar-refractivity contribution in [2.45, 2.75) is 18.9 Å². The van der Waals surface area contributed by atoms with Crippen LogP contribution in [0, 0.1) is 6.92 Å². The predicted octanol–water partition coefficient (Wildman–Crippen LogP) is 3.07. The van der Waals surface area contributed by atoms with E-state index in [0.717, 1.165) is 21.2 Å². The molecule has 0 aromatic heterocycles. The number of hydrogen-bond acceptors (Lipinski definition) is 2. The first-order valence-corrected chi connectivity index (χ1v) is 7.16. The van der Waals surface area contributed by atoms with Gasteiger partial charge in [0.25, 0.3) is 5.91 Å². The highest BCUT2D eigenvalue weighted by Gasteiger charge is 2.47. The van der Waals surface area contributed by atoms with Gasteiger partial charge in [0.1, 0.15) is 5.75 Å². The van der Waals surface area contributed by atoms with Gasteiger partial charge >= 0.3 is 0 Å². The molecule has 0 spiro atoms. The number of hydrogen-bond donors (Lipinski definition) is 1. The molecular weight excluding hydrogens is 318 g/mol. The lowest BCUT2D eigenvalue weighted by Crippen LogP contribution is -2.45. The quantitative estimate of drug-likeness (QED) is 0.919. The number of nitrogens with two attached hydrogens (primary N) is 1. The zero-order valence-corrected chi connectivity index (χ0v) is 12.6. The Hall–Kier alpha value is -1.81. The molecule has 2 aromatic rings. The van der Waals surface area contributed by atoms with E-state index in [1.807, 2.05) is 49.4 Å². The molecule has 0 fully saturated rings. The largest absolute Gasteiger partial charge is 0.472 e. The van der Waals surface area contributed by atoms with Crippen LogP contribution in [0.25, 0.3) is 0 Å². The van der Waals surface area contributed by atoms with Crippen molar-refractivity contribution in [3.05, 3.63) is 63.6 Å². The second-order valence-electron chi connectivity index (χ2n) is 5.01. The van der Waals surface area contributed by atoms with Crippen LogP contribution in [-0.2, 0) is 16.8 Å². The van der Waals surface area contributed by atoms with Gasteiger partial charge in [-0.1, -0.05) is 52.3 Å². The van der Waals surface area contributed by atoms with Crippen LogP contribution in [0.4, 0.5) is 0 Å². The second-order valence-corrected chi connectivity index (χ2v) is 5.80. The fourth-order valence-corrected chi connectivity index (χ4v) is 3.07. The van der Waals surface area contributed by atoms with E-state index in [4.69, 9.17) is 10.5 Å². The lowest BCUT2D eigenvalue weighted by atomic mass is 9.88. The van der Waals surface area contributed by atoms with Crippen LogP contribution in [0.15, 0.2) is 46.9 Å². The zero-order chi connectivity index (χ0) is 14.3. The Bertz CT molecular complexity index is 684. The van der Waals surface area contributed by atoms with Crippen molar-refractivity contribution in [3.8, 4) is 5.75 Å². The minimum atomic E-state index is -1.11. The summed E-state index contributed by atoms with van der Waals surface area (Å²) in [7, 11) is 0. The first-order chi connectivity index (χ1) is 9.54. The molecule has 20 heavy (non-hydrogen) atoms.